The zero-order valence-corrected chi connectivity index (χ0v) is 17.2. The molecular formula is C16H38OSi2. The molecule has 1 nitrogen and oxygen atoms in total. The summed E-state index contributed by atoms with van der Waals surface area (Å²) in [7, 11) is -2.61. The third-order valence-electron chi connectivity index (χ3n) is 5.50. The molecule has 0 atom stereocenters. The van der Waals surface area contributed by atoms with E-state index in [0.717, 1.165) is 6.61 Å². The van der Waals surface area contributed by atoms with Gasteiger partial charge in [0.2, 0.25) is 0 Å². The van der Waals surface area contributed by atoms with Gasteiger partial charge in [0.15, 0.2) is 8.32 Å². The van der Waals surface area contributed by atoms with E-state index in [0.29, 0.717) is 10.1 Å². The first-order valence-electron chi connectivity index (χ1n) is 7.85. The van der Waals surface area contributed by atoms with Crippen molar-refractivity contribution in [3.8, 4) is 0 Å². The van der Waals surface area contributed by atoms with Gasteiger partial charge in [0.05, 0.1) is 8.07 Å². The Kier molecular flexibility index (Phi) is 6.57. The molecule has 0 spiro atoms. The van der Waals surface area contributed by atoms with Gasteiger partial charge in [-0.05, 0) is 29.6 Å². The maximum Gasteiger partial charge on any atom is 0.191 e. The number of hydrogen-bond acceptors (Lipinski definition) is 1. The lowest BCUT2D eigenvalue weighted by Gasteiger charge is -2.38. The molecule has 19 heavy (non-hydrogen) atoms. The lowest BCUT2D eigenvalue weighted by Crippen LogP contribution is -2.41. The van der Waals surface area contributed by atoms with Crippen molar-refractivity contribution in [1.29, 1.82) is 0 Å². The SMILES string of the molecule is CC(C)(C)[Si](C)(C)CCCCO[Si](C)(C)C(C)(C)C. The van der Waals surface area contributed by atoms with E-state index in [9.17, 15) is 0 Å². The van der Waals surface area contributed by atoms with E-state index in [2.05, 4.69) is 67.7 Å². The Morgan fingerprint density at radius 2 is 1.21 bits per heavy atom. The van der Waals surface area contributed by atoms with Gasteiger partial charge in [0.25, 0.3) is 0 Å². The zero-order valence-electron chi connectivity index (χ0n) is 15.2. The summed E-state index contributed by atoms with van der Waals surface area (Å²) in [6.07, 6.45) is 2.57. The molecular weight excluding hydrogens is 264 g/mol. The Labute approximate surface area is 124 Å². The fraction of sp³-hybridized carbons (Fsp3) is 1.00. The quantitative estimate of drug-likeness (QED) is 0.413. The maximum atomic E-state index is 6.25. The molecule has 0 aliphatic rings. The van der Waals surface area contributed by atoms with Crippen LogP contribution < -0.4 is 0 Å². The largest absolute Gasteiger partial charge is 0.417 e. The number of unbranched alkanes of at least 4 members (excludes halogenated alkanes) is 1. The molecule has 0 rings (SSSR count). The van der Waals surface area contributed by atoms with Crippen LogP contribution in [0.15, 0.2) is 0 Å². The molecule has 0 aromatic rings. The highest BCUT2D eigenvalue weighted by molar-refractivity contribution is 6.80. The van der Waals surface area contributed by atoms with Crippen molar-refractivity contribution in [3.05, 3.63) is 0 Å². The molecule has 0 aromatic carbocycles. The highest BCUT2D eigenvalue weighted by atomic mass is 28.4. The van der Waals surface area contributed by atoms with E-state index in [1.807, 2.05) is 0 Å². The first-order chi connectivity index (χ1) is 8.21. The molecule has 0 radical (unpaired) electrons. The highest BCUT2D eigenvalue weighted by Gasteiger charge is 2.37. The molecule has 0 amide bonds. The van der Waals surface area contributed by atoms with Gasteiger partial charge in [-0.3, -0.25) is 0 Å². The van der Waals surface area contributed by atoms with Crippen LogP contribution in [0.2, 0.25) is 42.3 Å². The van der Waals surface area contributed by atoms with E-state index < -0.39 is 16.4 Å². The summed E-state index contributed by atoms with van der Waals surface area (Å²) in [5.74, 6) is 0. The van der Waals surface area contributed by atoms with Crippen molar-refractivity contribution in [3.63, 3.8) is 0 Å². The minimum atomic E-state index is -1.53. The first-order valence-corrected chi connectivity index (χ1v) is 14.0. The molecule has 0 saturated heterocycles. The Hall–Kier alpha value is 0.394. The van der Waals surface area contributed by atoms with Crippen molar-refractivity contribution in [1.82, 2.24) is 0 Å². The first kappa shape index (κ1) is 19.4. The van der Waals surface area contributed by atoms with Gasteiger partial charge in [-0.2, -0.15) is 0 Å². The van der Waals surface area contributed by atoms with Crippen LogP contribution in [0.3, 0.4) is 0 Å². The van der Waals surface area contributed by atoms with Crippen LogP contribution in [0, 0.1) is 0 Å². The fourth-order valence-corrected chi connectivity index (χ4v) is 4.56. The van der Waals surface area contributed by atoms with Crippen LogP contribution in [0.1, 0.15) is 54.4 Å². The summed E-state index contributed by atoms with van der Waals surface area (Å²) in [6, 6.07) is 1.43. The smallest absolute Gasteiger partial charge is 0.191 e. The maximum absolute atomic E-state index is 6.25. The van der Waals surface area contributed by atoms with Crippen LogP contribution >= 0.6 is 0 Å². The molecule has 0 N–H and O–H groups in total. The molecule has 0 fully saturated rings. The Bertz CT molecular complexity index is 241. The highest BCUT2D eigenvalue weighted by Crippen LogP contribution is 2.40. The molecule has 116 valence electrons. The normalized spacial score (nSPS) is 14.8. The van der Waals surface area contributed by atoms with Gasteiger partial charge in [0, 0.05) is 6.61 Å². The Balaban J connectivity index is 4.03. The van der Waals surface area contributed by atoms with E-state index in [-0.39, 0.29) is 0 Å². The van der Waals surface area contributed by atoms with Crippen LogP contribution in [0.5, 0.6) is 0 Å². The van der Waals surface area contributed by atoms with Crippen molar-refractivity contribution >= 4 is 16.4 Å². The van der Waals surface area contributed by atoms with E-state index >= 15 is 0 Å². The molecule has 0 heterocycles. The predicted molar refractivity (Wildman–Crippen MR) is 94.4 cm³/mol. The summed E-state index contributed by atoms with van der Waals surface area (Å²) >= 11 is 0. The predicted octanol–water partition coefficient (Wildman–Crippen LogP) is 6.30. The fourth-order valence-electron chi connectivity index (χ4n) is 1.59. The van der Waals surface area contributed by atoms with Crippen molar-refractivity contribution in [2.45, 2.75) is 96.7 Å². The monoisotopic (exact) mass is 302 g/mol. The molecule has 0 aromatic heterocycles. The second-order valence-electron chi connectivity index (χ2n) is 9.20. The summed E-state index contributed by atoms with van der Waals surface area (Å²) < 4.78 is 6.25. The van der Waals surface area contributed by atoms with Gasteiger partial charge >= 0.3 is 0 Å². The van der Waals surface area contributed by atoms with Crippen molar-refractivity contribution in [2.75, 3.05) is 6.61 Å². The third kappa shape index (κ3) is 6.13. The van der Waals surface area contributed by atoms with E-state index in [1.165, 1.54) is 18.9 Å². The standard InChI is InChI=1S/C16H38OSi2/c1-15(2,3)18(7,8)14-12-11-13-17-19(9,10)16(4,5)6/h11-14H2,1-10H3. The van der Waals surface area contributed by atoms with E-state index in [1.54, 1.807) is 0 Å². The summed E-state index contributed by atoms with van der Waals surface area (Å²) in [5.41, 5.74) is 0. The minimum absolute atomic E-state index is 0.340. The number of hydrogen-bond donors (Lipinski definition) is 0. The lowest BCUT2D eigenvalue weighted by molar-refractivity contribution is 0.281. The molecule has 0 aliphatic carbocycles. The molecule has 0 bridgehead atoms. The average Bonchev–Trinajstić information content (AvgIpc) is 2.12. The lowest BCUT2D eigenvalue weighted by atomic mass is 10.2. The van der Waals surface area contributed by atoms with Gasteiger partial charge < -0.3 is 4.43 Å². The van der Waals surface area contributed by atoms with Gasteiger partial charge in [-0.15, -0.1) is 0 Å². The number of rotatable bonds is 6. The Morgan fingerprint density at radius 1 is 0.737 bits per heavy atom. The van der Waals surface area contributed by atoms with Gasteiger partial charge in [-0.25, -0.2) is 0 Å². The van der Waals surface area contributed by atoms with Crippen LogP contribution in [-0.2, 0) is 4.43 Å². The Morgan fingerprint density at radius 3 is 1.58 bits per heavy atom. The van der Waals surface area contributed by atoms with Gasteiger partial charge in [-0.1, -0.05) is 67.1 Å². The van der Waals surface area contributed by atoms with Crippen LogP contribution in [-0.4, -0.2) is 23.0 Å². The van der Waals surface area contributed by atoms with Crippen LogP contribution in [0.25, 0.3) is 0 Å². The van der Waals surface area contributed by atoms with Crippen molar-refractivity contribution in [2.24, 2.45) is 0 Å². The summed E-state index contributed by atoms with van der Waals surface area (Å²) in [5, 5.41) is 0.861. The second-order valence-corrected chi connectivity index (χ2v) is 19.8. The average molecular weight is 303 g/mol. The molecule has 0 saturated carbocycles. The molecule has 3 heteroatoms. The second kappa shape index (κ2) is 6.44. The van der Waals surface area contributed by atoms with Gasteiger partial charge in [0.1, 0.15) is 0 Å². The topological polar surface area (TPSA) is 9.23 Å². The summed E-state index contributed by atoms with van der Waals surface area (Å²) in [6.45, 7) is 24.9. The third-order valence-corrected chi connectivity index (χ3v) is 15.7. The van der Waals surface area contributed by atoms with E-state index in [4.69, 9.17) is 4.43 Å². The van der Waals surface area contributed by atoms with Crippen LogP contribution in [0.4, 0.5) is 0 Å². The zero-order chi connectivity index (χ0) is 15.5. The van der Waals surface area contributed by atoms with Crippen molar-refractivity contribution < 1.29 is 4.43 Å². The molecule has 0 aliphatic heterocycles. The summed E-state index contributed by atoms with van der Waals surface area (Å²) in [4.78, 5) is 0. The molecule has 0 unspecified atom stereocenters. The minimum Gasteiger partial charge on any atom is -0.417 e.